The lowest BCUT2D eigenvalue weighted by Crippen LogP contribution is -2.07. The summed E-state index contributed by atoms with van der Waals surface area (Å²) in [6.45, 7) is 0. The molecule has 1 unspecified atom stereocenters. The van der Waals surface area contributed by atoms with Gasteiger partial charge in [-0.2, -0.15) is 0 Å². The van der Waals surface area contributed by atoms with Crippen LogP contribution in [0.2, 0.25) is 0 Å². The summed E-state index contributed by atoms with van der Waals surface area (Å²) in [4.78, 5) is 0. The monoisotopic (exact) mass is 286 g/mol. The predicted octanol–water partition coefficient (Wildman–Crippen LogP) is 4.20. The van der Waals surface area contributed by atoms with Crippen LogP contribution < -0.4 is 0 Å². The third-order valence-electron chi connectivity index (χ3n) is 3.36. The predicted molar refractivity (Wildman–Crippen MR) is 65.6 cm³/mol. The summed E-state index contributed by atoms with van der Waals surface area (Å²) in [5.41, 5.74) is 0.411. The number of rotatable bonds is 3. The Morgan fingerprint density at radius 3 is 2.69 bits per heavy atom. The average molecular weight is 287 g/mol. The van der Waals surface area contributed by atoms with Gasteiger partial charge in [-0.15, -0.1) is 0 Å². The first kappa shape index (κ1) is 12.1. The zero-order valence-corrected chi connectivity index (χ0v) is 10.7. The van der Waals surface area contributed by atoms with Gasteiger partial charge in [-0.3, -0.25) is 0 Å². The summed E-state index contributed by atoms with van der Waals surface area (Å²) in [6, 6.07) is 4.82. The van der Waals surface area contributed by atoms with Crippen molar-refractivity contribution in [2.24, 2.45) is 5.92 Å². The highest BCUT2D eigenvalue weighted by molar-refractivity contribution is 9.10. The van der Waals surface area contributed by atoms with Crippen LogP contribution in [-0.4, -0.2) is 5.11 Å². The van der Waals surface area contributed by atoms with Crippen molar-refractivity contribution in [2.45, 2.75) is 38.2 Å². The number of aliphatic hydroxyl groups excluding tert-OH is 1. The molecule has 88 valence electrons. The molecule has 0 radical (unpaired) electrons. The Morgan fingerprint density at radius 2 is 2.06 bits per heavy atom. The zero-order valence-electron chi connectivity index (χ0n) is 9.13. The Kier molecular flexibility index (Phi) is 3.98. The second-order valence-corrected chi connectivity index (χ2v) is 5.39. The van der Waals surface area contributed by atoms with E-state index in [0.717, 1.165) is 0 Å². The largest absolute Gasteiger partial charge is 0.388 e. The molecule has 1 aromatic carbocycles. The lowest BCUT2D eigenvalue weighted by Gasteiger charge is -2.17. The van der Waals surface area contributed by atoms with E-state index in [1.807, 2.05) is 0 Å². The Hall–Kier alpha value is -0.410. The summed E-state index contributed by atoms with van der Waals surface area (Å²) in [6.07, 6.45) is 4.83. The highest BCUT2D eigenvalue weighted by Crippen LogP contribution is 2.35. The molecule has 0 amide bonds. The van der Waals surface area contributed by atoms with E-state index >= 15 is 0 Å². The van der Waals surface area contributed by atoms with Crippen molar-refractivity contribution < 1.29 is 9.50 Å². The standard InChI is InChI=1S/C13H16BrFO/c14-10-6-3-7-11(15)13(10)12(16)8-9-4-1-2-5-9/h3,6-7,9,12,16H,1-2,4-5,8H2. The van der Waals surface area contributed by atoms with E-state index in [9.17, 15) is 9.50 Å². The minimum atomic E-state index is -0.682. The lowest BCUT2D eigenvalue weighted by molar-refractivity contribution is 0.140. The molecule has 1 N–H and O–H groups in total. The van der Waals surface area contributed by atoms with Crippen LogP contribution in [0.4, 0.5) is 4.39 Å². The summed E-state index contributed by atoms with van der Waals surface area (Å²) in [5, 5.41) is 10.1. The molecule has 0 saturated heterocycles. The third kappa shape index (κ3) is 2.64. The molecule has 1 aliphatic rings. The number of hydrogen-bond donors (Lipinski definition) is 1. The van der Waals surface area contributed by atoms with Crippen molar-refractivity contribution in [1.82, 2.24) is 0 Å². The molecule has 3 heteroatoms. The molecule has 2 rings (SSSR count). The first-order valence-electron chi connectivity index (χ1n) is 5.80. The van der Waals surface area contributed by atoms with E-state index in [0.29, 0.717) is 22.4 Å². The van der Waals surface area contributed by atoms with Gasteiger partial charge in [0.1, 0.15) is 5.82 Å². The quantitative estimate of drug-likeness (QED) is 0.883. The Labute approximate surface area is 104 Å². The van der Waals surface area contributed by atoms with E-state index in [1.54, 1.807) is 12.1 Å². The van der Waals surface area contributed by atoms with Crippen molar-refractivity contribution in [1.29, 1.82) is 0 Å². The molecule has 0 aromatic heterocycles. The Balaban J connectivity index is 2.10. The molecule has 1 aliphatic carbocycles. The highest BCUT2D eigenvalue weighted by Gasteiger charge is 2.22. The fourth-order valence-corrected chi connectivity index (χ4v) is 3.11. The fraction of sp³-hybridized carbons (Fsp3) is 0.538. The van der Waals surface area contributed by atoms with Gasteiger partial charge in [0.15, 0.2) is 0 Å². The number of halogens is 2. The summed E-state index contributed by atoms with van der Waals surface area (Å²) in [7, 11) is 0. The Morgan fingerprint density at radius 1 is 1.38 bits per heavy atom. The van der Waals surface area contributed by atoms with Gasteiger partial charge in [-0.25, -0.2) is 4.39 Å². The first-order valence-corrected chi connectivity index (χ1v) is 6.59. The van der Waals surface area contributed by atoms with Crippen LogP contribution in [0.25, 0.3) is 0 Å². The fourth-order valence-electron chi connectivity index (χ4n) is 2.51. The maximum absolute atomic E-state index is 13.6. The molecular formula is C13H16BrFO. The zero-order chi connectivity index (χ0) is 11.5. The van der Waals surface area contributed by atoms with Gasteiger partial charge in [-0.1, -0.05) is 47.7 Å². The molecule has 0 spiro atoms. The topological polar surface area (TPSA) is 20.2 Å². The minimum Gasteiger partial charge on any atom is -0.388 e. The highest BCUT2D eigenvalue weighted by atomic mass is 79.9. The van der Waals surface area contributed by atoms with E-state index in [-0.39, 0.29) is 5.82 Å². The number of aliphatic hydroxyl groups is 1. The molecule has 1 fully saturated rings. The maximum atomic E-state index is 13.6. The molecule has 0 bridgehead atoms. The molecule has 16 heavy (non-hydrogen) atoms. The van der Waals surface area contributed by atoms with Crippen LogP contribution in [0.15, 0.2) is 22.7 Å². The Bertz CT molecular complexity index is 341. The molecule has 1 nitrogen and oxygen atoms in total. The van der Waals surface area contributed by atoms with Crippen molar-refractivity contribution in [3.8, 4) is 0 Å². The normalized spacial score (nSPS) is 18.9. The number of benzene rings is 1. The van der Waals surface area contributed by atoms with Gasteiger partial charge in [-0.05, 0) is 24.5 Å². The number of hydrogen-bond acceptors (Lipinski definition) is 1. The molecular weight excluding hydrogens is 271 g/mol. The van der Waals surface area contributed by atoms with E-state index in [1.165, 1.54) is 31.7 Å². The molecule has 1 saturated carbocycles. The van der Waals surface area contributed by atoms with E-state index in [2.05, 4.69) is 15.9 Å². The summed E-state index contributed by atoms with van der Waals surface area (Å²) in [5.74, 6) is 0.237. The first-order chi connectivity index (χ1) is 7.68. The average Bonchev–Trinajstić information content (AvgIpc) is 2.70. The van der Waals surface area contributed by atoms with Gasteiger partial charge in [0.2, 0.25) is 0 Å². The van der Waals surface area contributed by atoms with E-state index in [4.69, 9.17) is 0 Å². The van der Waals surface area contributed by atoms with Crippen LogP contribution in [0.1, 0.15) is 43.8 Å². The van der Waals surface area contributed by atoms with Gasteiger partial charge in [0.25, 0.3) is 0 Å². The second kappa shape index (κ2) is 5.28. The third-order valence-corrected chi connectivity index (χ3v) is 4.06. The maximum Gasteiger partial charge on any atom is 0.130 e. The van der Waals surface area contributed by atoms with Crippen molar-refractivity contribution in [2.75, 3.05) is 0 Å². The van der Waals surface area contributed by atoms with Crippen molar-refractivity contribution in [3.63, 3.8) is 0 Å². The van der Waals surface area contributed by atoms with Crippen LogP contribution in [-0.2, 0) is 0 Å². The van der Waals surface area contributed by atoms with Gasteiger partial charge in [0.05, 0.1) is 6.10 Å². The van der Waals surface area contributed by atoms with Crippen LogP contribution in [0.3, 0.4) is 0 Å². The smallest absolute Gasteiger partial charge is 0.130 e. The van der Waals surface area contributed by atoms with E-state index < -0.39 is 6.10 Å². The molecule has 0 aliphatic heterocycles. The summed E-state index contributed by atoms with van der Waals surface area (Å²) < 4.78 is 14.2. The van der Waals surface area contributed by atoms with Crippen LogP contribution >= 0.6 is 15.9 Å². The molecule has 0 heterocycles. The minimum absolute atomic E-state index is 0.320. The summed E-state index contributed by atoms with van der Waals surface area (Å²) >= 11 is 3.30. The van der Waals surface area contributed by atoms with Gasteiger partial charge >= 0.3 is 0 Å². The van der Waals surface area contributed by atoms with Crippen molar-refractivity contribution >= 4 is 15.9 Å². The van der Waals surface area contributed by atoms with Gasteiger partial charge < -0.3 is 5.11 Å². The van der Waals surface area contributed by atoms with Gasteiger partial charge in [0, 0.05) is 10.0 Å². The van der Waals surface area contributed by atoms with Crippen molar-refractivity contribution in [3.05, 3.63) is 34.1 Å². The lowest BCUT2D eigenvalue weighted by atomic mass is 9.95. The van der Waals surface area contributed by atoms with Crippen LogP contribution in [0, 0.1) is 11.7 Å². The molecule has 1 aromatic rings. The second-order valence-electron chi connectivity index (χ2n) is 4.54. The molecule has 1 atom stereocenters. The SMILES string of the molecule is OC(CC1CCCC1)c1c(F)cccc1Br. The van der Waals surface area contributed by atoms with Crippen LogP contribution in [0.5, 0.6) is 0 Å².